The number of nitrogens with zero attached hydrogens (tertiary/aromatic N) is 2. The number of hydrogen-bond donors (Lipinski definition) is 1. The SMILES string of the molecule is OC1(c2ccc(OCCN3CCCC3)cc2)CCC2CN(Cc3ccccc3)CC21. The van der Waals surface area contributed by atoms with Crippen molar-refractivity contribution >= 4 is 0 Å². The van der Waals surface area contributed by atoms with E-state index in [0.717, 1.165) is 56.9 Å². The van der Waals surface area contributed by atoms with Crippen LogP contribution in [0.5, 0.6) is 5.75 Å². The van der Waals surface area contributed by atoms with Gasteiger partial charge in [0.2, 0.25) is 0 Å². The van der Waals surface area contributed by atoms with Gasteiger partial charge in [-0.15, -0.1) is 0 Å². The van der Waals surface area contributed by atoms with Crippen molar-refractivity contribution in [3.05, 3.63) is 65.7 Å². The second-order valence-electron chi connectivity index (χ2n) is 9.43. The Kier molecular flexibility index (Phi) is 5.81. The van der Waals surface area contributed by atoms with E-state index in [1.165, 1.54) is 31.5 Å². The molecule has 0 bridgehead atoms. The van der Waals surface area contributed by atoms with Crippen molar-refractivity contribution < 1.29 is 9.84 Å². The van der Waals surface area contributed by atoms with Crippen LogP contribution in [0.3, 0.4) is 0 Å². The predicted molar refractivity (Wildman–Crippen MR) is 119 cm³/mol. The van der Waals surface area contributed by atoms with Gasteiger partial charge in [-0.3, -0.25) is 9.80 Å². The lowest BCUT2D eigenvalue weighted by molar-refractivity contribution is -0.00686. The summed E-state index contributed by atoms with van der Waals surface area (Å²) in [6.45, 7) is 7.21. The fourth-order valence-electron chi connectivity index (χ4n) is 5.85. The van der Waals surface area contributed by atoms with Crippen molar-refractivity contribution in [3.63, 3.8) is 0 Å². The summed E-state index contributed by atoms with van der Waals surface area (Å²) in [6, 6.07) is 18.9. The molecule has 1 aliphatic carbocycles. The topological polar surface area (TPSA) is 35.9 Å². The van der Waals surface area contributed by atoms with E-state index in [-0.39, 0.29) is 0 Å². The molecule has 1 N–H and O–H groups in total. The van der Waals surface area contributed by atoms with E-state index in [2.05, 4.69) is 52.3 Å². The zero-order valence-corrected chi connectivity index (χ0v) is 17.9. The Balaban J connectivity index is 1.19. The number of fused-ring (bicyclic) bond motifs is 1. The molecule has 160 valence electrons. The maximum Gasteiger partial charge on any atom is 0.119 e. The third kappa shape index (κ3) is 4.14. The van der Waals surface area contributed by atoms with E-state index < -0.39 is 5.60 Å². The Bertz CT molecular complexity index is 819. The molecule has 0 amide bonds. The number of hydrogen-bond acceptors (Lipinski definition) is 4. The number of aliphatic hydroxyl groups is 1. The van der Waals surface area contributed by atoms with Gasteiger partial charge in [-0.2, -0.15) is 0 Å². The molecule has 4 heteroatoms. The monoisotopic (exact) mass is 406 g/mol. The van der Waals surface area contributed by atoms with Gasteiger partial charge in [-0.25, -0.2) is 0 Å². The Morgan fingerprint density at radius 1 is 0.933 bits per heavy atom. The lowest BCUT2D eigenvalue weighted by Gasteiger charge is -2.31. The maximum absolute atomic E-state index is 11.7. The van der Waals surface area contributed by atoms with Crippen LogP contribution < -0.4 is 4.74 Å². The maximum atomic E-state index is 11.7. The average Bonchev–Trinajstić information content (AvgIpc) is 3.49. The first-order valence-electron chi connectivity index (χ1n) is 11.6. The summed E-state index contributed by atoms with van der Waals surface area (Å²) in [6.07, 6.45) is 4.62. The second-order valence-corrected chi connectivity index (χ2v) is 9.43. The number of benzene rings is 2. The van der Waals surface area contributed by atoms with Gasteiger partial charge in [0.15, 0.2) is 0 Å². The van der Waals surface area contributed by atoms with Crippen LogP contribution in [0, 0.1) is 11.8 Å². The van der Waals surface area contributed by atoms with E-state index in [1.54, 1.807) is 0 Å². The van der Waals surface area contributed by atoms with Crippen LogP contribution in [0.25, 0.3) is 0 Å². The van der Waals surface area contributed by atoms with E-state index >= 15 is 0 Å². The minimum absolute atomic E-state index is 0.322. The van der Waals surface area contributed by atoms with Crippen molar-refractivity contribution in [1.82, 2.24) is 9.80 Å². The van der Waals surface area contributed by atoms with Gasteiger partial charge in [0, 0.05) is 32.1 Å². The smallest absolute Gasteiger partial charge is 0.119 e. The molecule has 1 saturated carbocycles. The first-order valence-corrected chi connectivity index (χ1v) is 11.6. The van der Waals surface area contributed by atoms with Crippen LogP contribution in [0.15, 0.2) is 54.6 Å². The molecular formula is C26H34N2O2. The summed E-state index contributed by atoms with van der Waals surface area (Å²) in [4.78, 5) is 4.99. The molecule has 2 aromatic rings. The molecule has 2 aromatic carbocycles. The molecule has 3 aliphatic rings. The molecule has 3 unspecified atom stereocenters. The number of rotatable bonds is 7. The van der Waals surface area contributed by atoms with Crippen molar-refractivity contribution in [3.8, 4) is 5.75 Å². The molecule has 3 fully saturated rings. The fourth-order valence-corrected chi connectivity index (χ4v) is 5.85. The number of ether oxygens (including phenoxy) is 1. The average molecular weight is 407 g/mol. The molecule has 4 nitrogen and oxygen atoms in total. The molecule has 0 radical (unpaired) electrons. The van der Waals surface area contributed by atoms with Crippen molar-refractivity contribution in [2.75, 3.05) is 39.3 Å². The van der Waals surface area contributed by atoms with Gasteiger partial charge in [0.25, 0.3) is 0 Å². The van der Waals surface area contributed by atoms with Crippen LogP contribution in [0.1, 0.15) is 36.8 Å². The van der Waals surface area contributed by atoms with Crippen LogP contribution in [-0.4, -0.2) is 54.2 Å². The zero-order valence-electron chi connectivity index (χ0n) is 17.9. The Morgan fingerprint density at radius 3 is 2.47 bits per heavy atom. The number of likely N-dealkylation sites (tertiary alicyclic amines) is 2. The molecule has 2 saturated heterocycles. The third-order valence-electron chi connectivity index (χ3n) is 7.50. The standard InChI is InChI=1S/C26H34N2O2/c29-26(23-8-10-24(11-9-23)30-17-16-27-14-4-5-15-27)13-12-22-19-28(20-25(22)26)18-21-6-2-1-3-7-21/h1-3,6-11,22,25,29H,4-5,12-20H2. The van der Waals surface area contributed by atoms with Crippen LogP contribution in [0.2, 0.25) is 0 Å². The second kappa shape index (κ2) is 8.70. The Hall–Kier alpha value is -1.88. The van der Waals surface area contributed by atoms with Gasteiger partial charge in [-0.1, -0.05) is 42.5 Å². The molecule has 2 heterocycles. The van der Waals surface area contributed by atoms with Crippen LogP contribution in [-0.2, 0) is 12.1 Å². The Labute approximate surface area is 180 Å². The molecule has 2 aliphatic heterocycles. The van der Waals surface area contributed by atoms with E-state index in [1.807, 2.05) is 12.1 Å². The molecule has 0 spiro atoms. The summed E-state index contributed by atoms with van der Waals surface area (Å²) in [5, 5.41) is 11.7. The van der Waals surface area contributed by atoms with E-state index in [0.29, 0.717) is 11.8 Å². The first kappa shape index (κ1) is 20.0. The summed E-state index contributed by atoms with van der Waals surface area (Å²) in [5.74, 6) is 1.83. The van der Waals surface area contributed by atoms with Gasteiger partial charge < -0.3 is 9.84 Å². The summed E-state index contributed by atoms with van der Waals surface area (Å²) < 4.78 is 5.96. The first-order chi connectivity index (χ1) is 14.7. The van der Waals surface area contributed by atoms with Gasteiger partial charge >= 0.3 is 0 Å². The highest BCUT2D eigenvalue weighted by Gasteiger charge is 2.52. The summed E-state index contributed by atoms with van der Waals surface area (Å²) in [5.41, 5.74) is 1.71. The fraction of sp³-hybridized carbons (Fsp3) is 0.538. The molecule has 30 heavy (non-hydrogen) atoms. The van der Waals surface area contributed by atoms with Gasteiger partial charge in [-0.05, 0) is 68.0 Å². The van der Waals surface area contributed by atoms with Crippen LogP contribution in [0.4, 0.5) is 0 Å². The minimum atomic E-state index is -0.704. The Morgan fingerprint density at radius 2 is 1.70 bits per heavy atom. The third-order valence-corrected chi connectivity index (χ3v) is 7.50. The van der Waals surface area contributed by atoms with E-state index in [4.69, 9.17) is 4.74 Å². The highest BCUT2D eigenvalue weighted by atomic mass is 16.5. The molecule has 5 rings (SSSR count). The van der Waals surface area contributed by atoms with Gasteiger partial charge in [0.05, 0.1) is 5.60 Å². The lowest BCUT2D eigenvalue weighted by Crippen LogP contribution is -2.34. The van der Waals surface area contributed by atoms with Crippen LogP contribution >= 0.6 is 0 Å². The highest BCUT2D eigenvalue weighted by molar-refractivity contribution is 5.33. The predicted octanol–water partition coefficient (Wildman–Crippen LogP) is 3.89. The van der Waals surface area contributed by atoms with Gasteiger partial charge in [0.1, 0.15) is 12.4 Å². The largest absolute Gasteiger partial charge is 0.492 e. The molecular weight excluding hydrogens is 372 g/mol. The van der Waals surface area contributed by atoms with Crippen molar-refractivity contribution in [1.29, 1.82) is 0 Å². The minimum Gasteiger partial charge on any atom is -0.492 e. The molecule has 3 atom stereocenters. The molecule has 0 aromatic heterocycles. The van der Waals surface area contributed by atoms with Crippen molar-refractivity contribution in [2.24, 2.45) is 11.8 Å². The van der Waals surface area contributed by atoms with Crippen molar-refractivity contribution in [2.45, 2.75) is 37.8 Å². The lowest BCUT2D eigenvalue weighted by atomic mass is 9.82. The normalized spacial score (nSPS) is 29.4. The summed E-state index contributed by atoms with van der Waals surface area (Å²) in [7, 11) is 0. The quantitative estimate of drug-likeness (QED) is 0.757. The summed E-state index contributed by atoms with van der Waals surface area (Å²) >= 11 is 0. The zero-order chi connectivity index (χ0) is 20.4. The highest BCUT2D eigenvalue weighted by Crippen LogP contribution is 2.50. The van der Waals surface area contributed by atoms with E-state index in [9.17, 15) is 5.11 Å².